The molecule has 1 aliphatic heterocycles. The van der Waals surface area contributed by atoms with E-state index in [9.17, 15) is 18.0 Å². The van der Waals surface area contributed by atoms with Gasteiger partial charge in [0.2, 0.25) is 5.91 Å². The molecule has 1 saturated heterocycles. The van der Waals surface area contributed by atoms with Crippen molar-refractivity contribution in [3.63, 3.8) is 0 Å². The van der Waals surface area contributed by atoms with Gasteiger partial charge in [0, 0.05) is 37.0 Å². The molecule has 1 amide bonds. The molecule has 0 spiro atoms. The fourth-order valence-electron chi connectivity index (χ4n) is 3.66. The quantitative estimate of drug-likeness (QED) is 0.835. The van der Waals surface area contributed by atoms with Gasteiger partial charge in [-0.25, -0.2) is 9.50 Å². The summed E-state index contributed by atoms with van der Waals surface area (Å²) < 4.78 is 40.5. The van der Waals surface area contributed by atoms with Crippen LogP contribution in [0.25, 0.3) is 5.65 Å². The number of carbonyl (C=O) groups is 1. The third kappa shape index (κ3) is 3.68. The number of halogens is 3. The van der Waals surface area contributed by atoms with Gasteiger partial charge in [-0.2, -0.15) is 18.3 Å². The maximum absolute atomic E-state index is 12.9. The van der Waals surface area contributed by atoms with Crippen LogP contribution < -0.4 is 0 Å². The third-order valence-corrected chi connectivity index (χ3v) is 5.11. The Balaban J connectivity index is 1.71. The number of alkyl halides is 3. The van der Waals surface area contributed by atoms with Crippen molar-refractivity contribution in [2.45, 2.75) is 52.6 Å². The second-order valence-corrected chi connectivity index (χ2v) is 7.04. The number of nitrogens with zero attached hydrogens (tertiary/aromatic N) is 4. The summed E-state index contributed by atoms with van der Waals surface area (Å²) in [6.07, 6.45) is -3.11. The van der Waals surface area contributed by atoms with Gasteiger partial charge in [0.1, 0.15) is 0 Å². The summed E-state index contributed by atoms with van der Waals surface area (Å²) in [5, 5.41) is 4.40. The van der Waals surface area contributed by atoms with E-state index < -0.39 is 12.1 Å². The maximum atomic E-state index is 12.9. The zero-order valence-corrected chi connectivity index (χ0v) is 15.2. The molecule has 0 saturated carbocycles. The first kappa shape index (κ1) is 18.7. The fourth-order valence-corrected chi connectivity index (χ4v) is 3.66. The molecule has 0 unspecified atom stereocenters. The molecule has 142 valence electrons. The summed E-state index contributed by atoms with van der Waals surface area (Å²) in [7, 11) is 0. The van der Waals surface area contributed by atoms with Gasteiger partial charge in [0.25, 0.3) is 0 Å². The first-order chi connectivity index (χ1) is 12.2. The first-order valence-electron chi connectivity index (χ1n) is 8.83. The normalized spacial score (nSPS) is 18.5. The number of amides is 1. The highest BCUT2D eigenvalue weighted by Gasteiger charge is 2.42. The Morgan fingerprint density at radius 3 is 2.73 bits per heavy atom. The van der Waals surface area contributed by atoms with Crippen LogP contribution in [0.4, 0.5) is 13.2 Å². The van der Waals surface area contributed by atoms with Crippen LogP contribution in [0.2, 0.25) is 0 Å². The maximum Gasteiger partial charge on any atom is 0.393 e. The minimum atomic E-state index is -4.24. The zero-order chi connectivity index (χ0) is 19.1. The Bertz CT molecular complexity index is 828. The van der Waals surface area contributed by atoms with Crippen molar-refractivity contribution in [3.05, 3.63) is 28.7 Å². The van der Waals surface area contributed by atoms with Crippen LogP contribution in [0.15, 0.2) is 6.07 Å². The van der Waals surface area contributed by atoms with Crippen LogP contribution in [0, 0.1) is 26.7 Å². The molecule has 3 heterocycles. The number of carbonyl (C=O) groups excluding carboxylic acids is 1. The van der Waals surface area contributed by atoms with E-state index >= 15 is 0 Å². The minimum Gasteiger partial charge on any atom is -0.342 e. The van der Waals surface area contributed by atoms with E-state index in [2.05, 4.69) is 10.1 Å². The van der Waals surface area contributed by atoms with Crippen molar-refractivity contribution in [1.29, 1.82) is 0 Å². The molecular weight excluding hydrogens is 345 g/mol. The van der Waals surface area contributed by atoms with E-state index in [-0.39, 0.29) is 25.3 Å². The number of hydrogen-bond donors (Lipinski definition) is 0. The highest BCUT2D eigenvalue weighted by molar-refractivity contribution is 5.76. The van der Waals surface area contributed by atoms with Crippen LogP contribution in [-0.2, 0) is 11.2 Å². The average Bonchev–Trinajstić information content (AvgIpc) is 2.94. The third-order valence-electron chi connectivity index (χ3n) is 5.11. The van der Waals surface area contributed by atoms with Crippen LogP contribution in [0.5, 0.6) is 0 Å². The molecule has 0 aromatic carbocycles. The number of hydrogen-bond acceptors (Lipinski definition) is 3. The number of likely N-dealkylation sites (tertiary alicyclic amines) is 1. The van der Waals surface area contributed by atoms with E-state index in [1.54, 1.807) is 4.52 Å². The standard InChI is InChI=1S/C18H23F3N4O/c1-11-9-16-22-12(2)15(13(3)25(16)23-11)6-7-17(26)24-8-4-5-14(10-24)18(19,20)21/h9,14H,4-8,10H2,1-3H3/t14-/m1/s1. The van der Waals surface area contributed by atoms with Gasteiger partial charge in [-0.3, -0.25) is 4.79 Å². The summed E-state index contributed by atoms with van der Waals surface area (Å²) in [4.78, 5) is 18.3. The minimum absolute atomic E-state index is 0.102. The molecule has 5 nitrogen and oxygen atoms in total. The number of aryl methyl sites for hydroxylation is 3. The lowest BCUT2D eigenvalue weighted by Gasteiger charge is -2.33. The van der Waals surface area contributed by atoms with E-state index in [1.165, 1.54) is 4.90 Å². The molecule has 2 aromatic rings. The summed E-state index contributed by atoms with van der Waals surface area (Å²) in [5.41, 5.74) is 4.30. The number of fused-ring (bicyclic) bond motifs is 1. The molecule has 0 aliphatic carbocycles. The Labute approximate surface area is 150 Å². The molecule has 1 atom stereocenters. The number of aromatic nitrogens is 3. The van der Waals surface area contributed by atoms with Gasteiger partial charge in [-0.15, -0.1) is 0 Å². The van der Waals surface area contributed by atoms with Crippen molar-refractivity contribution in [2.75, 3.05) is 13.1 Å². The molecule has 3 rings (SSSR count). The van der Waals surface area contributed by atoms with E-state index in [1.807, 2.05) is 26.8 Å². The highest BCUT2D eigenvalue weighted by atomic mass is 19.4. The lowest BCUT2D eigenvalue weighted by molar-refractivity contribution is -0.188. The highest BCUT2D eigenvalue weighted by Crippen LogP contribution is 2.33. The summed E-state index contributed by atoms with van der Waals surface area (Å²) in [5.74, 6) is -1.64. The topological polar surface area (TPSA) is 50.5 Å². The van der Waals surface area contributed by atoms with Gasteiger partial charge in [-0.1, -0.05) is 0 Å². The van der Waals surface area contributed by atoms with Gasteiger partial charge < -0.3 is 4.90 Å². The largest absolute Gasteiger partial charge is 0.393 e. The van der Waals surface area contributed by atoms with E-state index in [0.29, 0.717) is 19.4 Å². The number of rotatable bonds is 3. The fraction of sp³-hybridized carbons (Fsp3) is 0.611. The SMILES string of the molecule is Cc1cc2nc(C)c(CCC(=O)N3CCC[C@@H](C(F)(F)F)C3)c(C)n2n1. The zero-order valence-electron chi connectivity index (χ0n) is 15.2. The molecule has 26 heavy (non-hydrogen) atoms. The predicted molar refractivity (Wildman–Crippen MR) is 90.9 cm³/mol. The second kappa shape index (κ2) is 6.89. The molecule has 2 aromatic heterocycles. The molecule has 1 aliphatic rings. The summed E-state index contributed by atoms with van der Waals surface area (Å²) in [6, 6.07) is 1.89. The Morgan fingerprint density at radius 2 is 2.04 bits per heavy atom. The Kier molecular flexibility index (Phi) is 4.94. The average molecular weight is 368 g/mol. The first-order valence-corrected chi connectivity index (χ1v) is 8.83. The molecular formula is C18H23F3N4O. The lowest BCUT2D eigenvalue weighted by Crippen LogP contribution is -2.44. The van der Waals surface area contributed by atoms with Gasteiger partial charge >= 0.3 is 6.18 Å². The van der Waals surface area contributed by atoms with Crippen molar-refractivity contribution in [1.82, 2.24) is 19.5 Å². The monoisotopic (exact) mass is 368 g/mol. The van der Waals surface area contributed by atoms with E-state index in [4.69, 9.17) is 0 Å². The van der Waals surface area contributed by atoms with Crippen molar-refractivity contribution in [2.24, 2.45) is 5.92 Å². The molecule has 0 bridgehead atoms. The lowest BCUT2D eigenvalue weighted by atomic mass is 9.97. The van der Waals surface area contributed by atoms with Crippen molar-refractivity contribution >= 4 is 11.6 Å². The van der Waals surface area contributed by atoms with Gasteiger partial charge in [0.15, 0.2) is 5.65 Å². The molecule has 0 radical (unpaired) electrons. The molecule has 8 heteroatoms. The second-order valence-electron chi connectivity index (χ2n) is 7.04. The Morgan fingerprint density at radius 1 is 1.31 bits per heavy atom. The van der Waals surface area contributed by atoms with Gasteiger partial charge in [0.05, 0.1) is 11.6 Å². The van der Waals surface area contributed by atoms with Gasteiger partial charge in [-0.05, 0) is 45.6 Å². The summed E-state index contributed by atoms with van der Waals surface area (Å²) in [6.45, 7) is 5.87. The molecule has 0 N–H and O–H groups in total. The van der Waals surface area contributed by atoms with Crippen LogP contribution in [0.3, 0.4) is 0 Å². The predicted octanol–water partition coefficient (Wildman–Crippen LogP) is 3.39. The van der Waals surface area contributed by atoms with Crippen molar-refractivity contribution < 1.29 is 18.0 Å². The van der Waals surface area contributed by atoms with Crippen molar-refractivity contribution in [3.8, 4) is 0 Å². The summed E-state index contributed by atoms with van der Waals surface area (Å²) >= 11 is 0. The smallest absolute Gasteiger partial charge is 0.342 e. The Hall–Kier alpha value is -2.12. The van der Waals surface area contributed by atoms with Crippen LogP contribution in [-0.4, -0.2) is 44.7 Å². The number of piperidine rings is 1. The van der Waals surface area contributed by atoms with Crippen LogP contribution >= 0.6 is 0 Å². The molecule has 1 fully saturated rings. The van der Waals surface area contributed by atoms with E-state index in [0.717, 1.165) is 28.3 Å². The van der Waals surface area contributed by atoms with Crippen LogP contribution in [0.1, 0.15) is 41.9 Å².